The quantitative estimate of drug-likeness (QED) is 0.452. The number of hydrogen-bond acceptors (Lipinski definition) is 2. The van der Waals surface area contributed by atoms with Crippen LogP contribution in [0.1, 0.15) is 10.4 Å². The molecule has 70 valence electrons. The molecule has 2 nitrogen and oxygen atoms in total. The molecule has 0 amide bonds. The predicted molar refractivity (Wildman–Crippen MR) is 50.4 cm³/mol. The molecule has 5 heteroatoms. The molecule has 0 heterocycles. The maximum Gasteiger partial charge on any atom is 0.340 e. The Morgan fingerprint density at radius 3 is 2.62 bits per heavy atom. The van der Waals surface area contributed by atoms with Gasteiger partial charge in [0.05, 0.1) is 16.2 Å². The summed E-state index contributed by atoms with van der Waals surface area (Å²) in [7, 11) is 1.11. The second kappa shape index (κ2) is 3.99. The zero-order chi connectivity index (χ0) is 10.0. The van der Waals surface area contributed by atoms with Crippen LogP contribution in [-0.2, 0) is 4.74 Å². The summed E-state index contributed by atoms with van der Waals surface area (Å²) in [6.45, 7) is 0. The lowest BCUT2D eigenvalue weighted by atomic mass is 10.2. The highest BCUT2D eigenvalue weighted by atomic mass is 127. The highest BCUT2D eigenvalue weighted by Gasteiger charge is 2.16. The second-order valence-corrected chi connectivity index (χ2v) is 3.40. The molecular formula is C8H5F2IO2. The molecule has 0 spiro atoms. The number of halogens is 3. The molecule has 0 aliphatic carbocycles. The van der Waals surface area contributed by atoms with Crippen molar-refractivity contribution >= 4 is 28.6 Å². The lowest BCUT2D eigenvalue weighted by Gasteiger charge is -2.02. The Labute approximate surface area is 87.0 Å². The summed E-state index contributed by atoms with van der Waals surface area (Å²) < 4.78 is 30.2. The standard InChI is InChI=1S/C8H5F2IO2/c1-13-8(12)5-2-4(9)3-6(11)7(5)10/h2-3H,1H3. The Kier molecular flexibility index (Phi) is 3.18. The van der Waals surface area contributed by atoms with Crippen molar-refractivity contribution in [2.24, 2.45) is 0 Å². The SMILES string of the molecule is COC(=O)c1cc(F)cc(I)c1F. The second-order valence-electron chi connectivity index (χ2n) is 2.24. The maximum absolute atomic E-state index is 13.1. The van der Waals surface area contributed by atoms with Crippen molar-refractivity contribution in [3.8, 4) is 0 Å². The van der Waals surface area contributed by atoms with E-state index in [0.717, 1.165) is 19.2 Å². The molecular weight excluding hydrogens is 293 g/mol. The summed E-state index contributed by atoms with van der Waals surface area (Å²) in [5.74, 6) is -2.30. The lowest BCUT2D eigenvalue weighted by Crippen LogP contribution is -2.06. The van der Waals surface area contributed by atoms with Crippen molar-refractivity contribution in [1.29, 1.82) is 0 Å². The Balaban J connectivity index is 3.28. The van der Waals surface area contributed by atoms with Gasteiger partial charge in [0, 0.05) is 0 Å². The van der Waals surface area contributed by atoms with Gasteiger partial charge < -0.3 is 4.74 Å². The minimum Gasteiger partial charge on any atom is -0.465 e. The first kappa shape index (κ1) is 10.4. The fraction of sp³-hybridized carbons (Fsp3) is 0.125. The van der Waals surface area contributed by atoms with Crippen LogP contribution in [0.5, 0.6) is 0 Å². The van der Waals surface area contributed by atoms with Crippen LogP contribution in [0.3, 0.4) is 0 Å². The summed E-state index contributed by atoms with van der Waals surface area (Å²) in [5.41, 5.74) is -0.382. The van der Waals surface area contributed by atoms with Gasteiger partial charge in [0.1, 0.15) is 5.82 Å². The summed E-state index contributed by atoms with van der Waals surface area (Å²) in [4.78, 5) is 10.9. The van der Waals surface area contributed by atoms with Gasteiger partial charge in [-0.25, -0.2) is 13.6 Å². The van der Waals surface area contributed by atoms with E-state index in [1.165, 1.54) is 0 Å². The van der Waals surface area contributed by atoms with Gasteiger partial charge in [-0.3, -0.25) is 0 Å². The Morgan fingerprint density at radius 1 is 1.46 bits per heavy atom. The lowest BCUT2D eigenvalue weighted by molar-refractivity contribution is 0.0594. The number of methoxy groups -OCH3 is 1. The Hall–Kier alpha value is -0.720. The fourth-order valence-corrected chi connectivity index (χ4v) is 1.40. The fourth-order valence-electron chi connectivity index (χ4n) is 0.814. The predicted octanol–water partition coefficient (Wildman–Crippen LogP) is 2.36. The molecule has 0 saturated carbocycles. The molecule has 13 heavy (non-hydrogen) atoms. The average molecular weight is 298 g/mol. The molecule has 0 aliphatic heterocycles. The number of rotatable bonds is 1. The van der Waals surface area contributed by atoms with E-state index in [-0.39, 0.29) is 9.13 Å². The van der Waals surface area contributed by atoms with E-state index in [9.17, 15) is 13.6 Å². The summed E-state index contributed by atoms with van der Waals surface area (Å²) in [6, 6.07) is 1.81. The zero-order valence-electron chi connectivity index (χ0n) is 6.61. The van der Waals surface area contributed by atoms with E-state index >= 15 is 0 Å². The van der Waals surface area contributed by atoms with Crippen LogP contribution in [0, 0.1) is 15.2 Å². The molecule has 1 rings (SSSR count). The van der Waals surface area contributed by atoms with E-state index in [0.29, 0.717) is 0 Å². The third kappa shape index (κ3) is 2.15. The largest absolute Gasteiger partial charge is 0.465 e. The molecule has 0 unspecified atom stereocenters. The van der Waals surface area contributed by atoms with Crippen molar-refractivity contribution in [1.82, 2.24) is 0 Å². The maximum atomic E-state index is 13.1. The van der Waals surface area contributed by atoms with Crippen LogP contribution in [-0.4, -0.2) is 13.1 Å². The van der Waals surface area contributed by atoms with Gasteiger partial charge in [0.15, 0.2) is 5.82 Å². The van der Waals surface area contributed by atoms with E-state index < -0.39 is 17.6 Å². The Morgan fingerprint density at radius 2 is 2.08 bits per heavy atom. The molecule has 1 aromatic carbocycles. The third-order valence-corrected chi connectivity index (χ3v) is 2.18. The minimum absolute atomic E-state index is 0.0537. The highest BCUT2D eigenvalue weighted by Crippen LogP contribution is 2.17. The van der Waals surface area contributed by atoms with Gasteiger partial charge in [-0.1, -0.05) is 0 Å². The first-order valence-electron chi connectivity index (χ1n) is 3.29. The minimum atomic E-state index is -0.880. The first-order chi connectivity index (χ1) is 6.06. The van der Waals surface area contributed by atoms with Crippen molar-refractivity contribution in [3.63, 3.8) is 0 Å². The van der Waals surface area contributed by atoms with Gasteiger partial charge in [-0.2, -0.15) is 0 Å². The molecule has 0 radical (unpaired) electrons. The summed E-state index contributed by atoms with van der Waals surface area (Å²) in [5, 5.41) is 0. The van der Waals surface area contributed by atoms with Crippen molar-refractivity contribution in [2.45, 2.75) is 0 Å². The number of benzene rings is 1. The Bertz CT molecular complexity index is 352. The third-order valence-electron chi connectivity index (χ3n) is 1.40. The van der Waals surface area contributed by atoms with E-state index in [2.05, 4.69) is 4.74 Å². The van der Waals surface area contributed by atoms with Crippen molar-refractivity contribution < 1.29 is 18.3 Å². The first-order valence-corrected chi connectivity index (χ1v) is 4.37. The van der Waals surface area contributed by atoms with Crippen LogP contribution in [0.15, 0.2) is 12.1 Å². The van der Waals surface area contributed by atoms with Crippen LogP contribution in [0.2, 0.25) is 0 Å². The molecule has 0 aliphatic rings. The van der Waals surface area contributed by atoms with Crippen LogP contribution in [0.25, 0.3) is 0 Å². The summed E-state index contributed by atoms with van der Waals surface area (Å²) in [6.07, 6.45) is 0. The molecule has 0 aromatic heterocycles. The molecule has 1 aromatic rings. The van der Waals surface area contributed by atoms with E-state index in [4.69, 9.17) is 0 Å². The van der Waals surface area contributed by atoms with Crippen LogP contribution >= 0.6 is 22.6 Å². The van der Waals surface area contributed by atoms with Crippen LogP contribution < -0.4 is 0 Å². The highest BCUT2D eigenvalue weighted by molar-refractivity contribution is 14.1. The number of hydrogen-bond donors (Lipinski definition) is 0. The van der Waals surface area contributed by atoms with Gasteiger partial charge >= 0.3 is 5.97 Å². The number of carbonyl (C=O) groups excluding carboxylic acids is 1. The van der Waals surface area contributed by atoms with E-state index in [1.54, 1.807) is 22.6 Å². The molecule has 0 atom stereocenters. The molecule has 0 N–H and O–H groups in total. The number of carbonyl (C=O) groups is 1. The van der Waals surface area contributed by atoms with Gasteiger partial charge in [0.2, 0.25) is 0 Å². The van der Waals surface area contributed by atoms with E-state index in [1.807, 2.05) is 0 Å². The molecule has 0 bridgehead atoms. The zero-order valence-corrected chi connectivity index (χ0v) is 8.76. The van der Waals surface area contributed by atoms with Gasteiger partial charge in [-0.05, 0) is 34.7 Å². The smallest absolute Gasteiger partial charge is 0.340 e. The van der Waals surface area contributed by atoms with Crippen molar-refractivity contribution in [2.75, 3.05) is 7.11 Å². The van der Waals surface area contributed by atoms with Crippen molar-refractivity contribution in [3.05, 3.63) is 32.9 Å². The average Bonchev–Trinajstić information content (AvgIpc) is 2.10. The monoisotopic (exact) mass is 298 g/mol. The normalized spacial score (nSPS) is 9.85. The van der Waals surface area contributed by atoms with Gasteiger partial charge in [0.25, 0.3) is 0 Å². The number of esters is 1. The number of ether oxygens (including phenoxy) is 1. The van der Waals surface area contributed by atoms with Gasteiger partial charge in [-0.15, -0.1) is 0 Å². The molecule has 0 fully saturated rings. The molecule has 0 saturated heterocycles. The van der Waals surface area contributed by atoms with Crippen LogP contribution in [0.4, 0.5) is 8.78 Å². The summed E-state index contributed by atoms with van der Waals surface area (Å²) >= 11 is 1.60. The topological polar surface area (TPSA) is 26.3 Å².